The minimum absolute atomic E-state index is 0.239. The minimum Gasteiger partial charge on any atom is -0.0987 e. The van der Waals surface area contributed by atoms with Gasteiger partial charge in [0.2, 0.25) is 0 Å². The monoisotopic (exact) mass is 334 g/mol. The molecule has 0 N–H and O–H groups in total. The highest BCUT2D eigenvalue weighted by molar-refractivity contribution is 5.90. The lowest BCUT2D eigenvalue weighted by Crippen LogP contribution is -2.27. The molecule has 2 aromatic carbocycles. The molecule has 1 spiro atoms. The van der Waals surface area contributed by atoms with Crippen molar-refractivity contribution < 1.29 is 0 Å². The molecule has 126 valence electrons. The topological polar surface area (TPSA) is 0 Å². The highest BCUT2D eigenvalue weighted by Crippen LogP contribution is 2.62. The molecule has 0 heterocycles. The quantitative estimate of drug-likeness (QED) is 0.581. The Morgan fingerprint density at radius 2 is 1.77 bits per heavy atom. The van der Waals surface area contributed by atoms with E-state index in [9.17, 15) is 0 Å². The number of rotatable bonds is 2. The molecule has 3 aliphatic rings. The fraction of sp³-hybridized carbons (Fsp3) is 0.154. The van der Waals surface area contributed by atoms with E-state index in [-0.39, 0.29) is 5.41 Å². The van der Waals surface area contributed by atoms with Crippen molar-refractivity contribution in [2.24, 2.45) is 0 Å². The number of hydrogen-bond acceptors (Lipinski definition) is 0. The third kappa shape index (κ3) is 1.65. The first-order valence-electron chi connectivity index (χ1n) is 9.34. The summed E-state index contributed by atoms with van der Waals surface area (Å²) in [5.41, 5.74) is 12.0. The van der Waals surface area contributed by atoms with Crippen LogP contribution in [0, 0.1) is 6.92 Å². The van der Waals surface area contributed by atoms with E-state index in [1.165, 1.54) is 50.1 Å². The number of fused-ring (bicyclic) bond motifs is 6. The van der Waals surface area contributed by atoms with Gasteiger partial charge in [-0.3, -0.25) is 0 Å². The molecule has 0 radical (unpaired) electrons. The molecular formula is C26H22. The summed E-state index contributed by atoms with van der Waals surface area (Å²) >= 11 is 0. The summed E-state index contributed by atoms with van der Waals surface area (Å²) in [4.78, 5) is 0. The van der Waals surface area contributed by atoms with Gasteiger partial charge in [0, 0.05) is 0 Å². The first-order chi connectivity index (χ1) is 12.7. The Bertz CT molecular complexity index is 1070. The van der Waals surface area contributed by atoms with Crippen LogP contribution in [0.3, 0.4) is 0 Å². The Hall–Kier alpha value is -2.86. The highest BCUT2D eigenvalue weighted by atomic mass is 14.5. The molecule has 0 aliphatic heterocycles. The van der Waals surface area contributed by atoms with Crippen molar-refractivity contribution in [3.8, 4) is 11.1 Å². The van der Waals surface area contributed by atoms with Gasteiger partial charge in [-0.2, -0.15) is 0 Å². The molecule has 3 aliphatic carbocycles. The lowest BCUT2D eigenvalue weighted by atomic mass is 9.68. The van der Waals surface area contributed by atoms with Crippen molar-refractivity contribution >= 4 is 0 Å². The van der Waals surface area contributed by atoms with Crippen molar-refractivity contribution in [2.45, 2.75) is 25.2 Å². The molecule has 0 nitrogen and oxygen atoms in total. The second kappa shape index (κ2) is 5.32. The molecule has 0 saturated carbocycles. The van der Waals surface area contributed by atoms with Crippen LogP contribution in [-0.4, -0.2) is 0 Å². The first-order valence-corrected chi connectivity index (χ1v) is 9.34. The van der Waals surface area contributed by atoms with E-state index < -0.39 is 0 Å². The van der Waals surface area contributed by atoms with Gasteiger partial charge in [-0.05, 0) is 64.3 Å². The third-order valence-electron chi connectivity index (χ3n) is 6.20. The summed E-state index contributed by atoms with van der Waals surface area (Å²) in [6.07, 6.45) is 10.9. The normalized spacial score (nSPS) is 22.5. The smallest absolute Gasteiger partial charge is 0.0721 e. The maximum atomic E-state index is 4.22. The third-order valence-corrected chi connectivity index (χ3v) is 6.20. The number of allylic oxidation sites excluding steroid dienone is 8. The van der Waals surface area contributed by atoms with Gasteiger partial charge in [0.25, 0.3) is 0 Å². The van der Waals surface area contributed by atoms with Gasteiger partial charge >= 0.3 is 0 Å². The Labute approximate surface area is 155 Å². The van der Waals surface area contributed by atoms with Crippen LogP contribution in [0.15, 0.2) is 102 Å². The highest BCUT2D eigenvalue weighted by Gasteiger charge is 2.52. The molecule has 5 rings (SSSR count). The molecule has 0 saturated heterocycles. The molecular weight excluding hydrogens is 312 g/mol. The van der Waals surface area contributed by atoms with E-state index in [1.807, 2.05) is 6.08 Å². The van der Waals surface area contributed by atoms with E-state index in [4.69, 9.17) is 0 Å². The lowest BCUT2D eigenvalue weighted by Gasteiger charge is -2.33. The van der Waals surface area contributed by atoms with Gasteiger partial charge in [-0.1, -0.05) is 85.5 Å². The van der Waals surface area contributed by atoms with Crippen LogP contribution in [0.1, 0.15) is 29.5 Å². The van der Waals surface area contributed by atoms with E-state index in [0.29, 0.717) is 0 Å². The van der Waals surface area contributed by atoms with Crippen LogP contribution in [0.4, 0.5) is 0 Å². The molecule has 0 heteroatoms. The zero-order chi connectivity index (χ0) is 17.9. The Morgan fingerprint density at radius 1 is 0.962 bits per heavy atom. The molecule has 0 amide bonds. The summed E-state index contributed by atoms with van der Waals surface area (Å²) in [6.45, 7) is 10.5. The van der Waals surface area contributed by atoms with Gasteiger partial charge in [-0.25, -0.2) is 0 Å². The average molecular weight is 334 g/mol. The summed E-state index contributed by atoms with van der Waals surface area (Å²) < 4.78 is 0. The van der Waals surface area contributed by atoms with E-state index >= 15 is 0 Å². The van der Waals surface area contributed by atoms with Crippen LogP contribution in [0.25, 0.3) is 11.1 Å². The average Bonchev–Trinajstić information content (AvgIpc) is 3.13. The Kier molecular flexibility index (Phi) is 3.15. The van der Waals surface area contributed by atoms with Crippen LogP contribution in [0.5, 0.6) is 0 Å². The number of benzene rings is 2. The van der Waals surface area contributed by atoms with Gasteiger partial charge in [0.05, 0.1) is 5.41 Å². The summed E-state index contributed by atoms with van der Waals surface area (Å²) in [5.74, 6) is 0. The predicted octanol–water partition coefficient (Wildman–Crippen LogP) is 6.59. The van der Waals surface area contributed by atoms with Gasteiger partial charge in [0.1, 0.15) is 0 Å². The van der Waals surface area contributed by atoms with Crippen LogP contribution in [-0.2, 0) is 5.41 Å². The molecule has 0 aromatic heterocycles. The van der Waals surface area contributed by atoms with Crippen molar-refractivity contribution in [3.63, 3.8) is 0 Å². The summed E-state index contributed by atoms with van der Waals surface area (Å²) in [5, 5.41) is 0. The van der Waals surface area contributed by atoms with Crippen molar-refractivity contribution in [2.75, 3.05) is 0 Å². The standard InChI is InChI=1S/C26H22/c1-4-18-19-10-6-8-12-23(19)26(22(18)5-2)24-13-9-7-11-20(24)21-16-17(3)14-15-25(21)26/h4-5,7-9,11-16H,1-2,6,10H2,3H3. The zero-order valence-electron chi connectivity index (χ0n) is 15.2. The van der Waals surface area contributed by atoms with E-state index in [1.54, 1.807) is 0 Å². The number of aryl methyl sites for hydroxylation is 1. The van der Waals surface area contributed by atoms with Gasteiger partial charge in [0.15, 0.2) is 0 Å². The van der Waals surface area contributed by atoms with Crippen molar-refractivity contribution in [1.29, 1.82) is 0 Å². The second-order valence-electron chi connectivity index (χ2n) is 7.41. The van der Waals surface area contributed by atoms with Gasteiger partial charge in [-0.15, -0.1) is 0 Å². The molecule has 2 aromatic rings. The van der Waals surface area contributed by atoms with Crippen LogP contribution < -0.4 is 0 Å². The molecule has 0 bridgehead atoms. The molecule has 0 fully saturated rings. The van der Waals surface area contributed by atoms with Crippen molar-refractivity contribution in [1.82, 2.24) is 0 Å². The first kappa shape index (κ1) is 15.4. The Balaban J connectivity index is 1.99. The summed E-state index contributed by atoms with van der Waals surface area (Å²) in [7, 11) is 0. The Morgan fingerprint density at radius 3 is 2.58 bits per heavy atom. The molecule has 1 atom stereocenters. The maximum absolute atomic E-state index is 4.22. The van der Waals surface area contributed by atoms with Crippen LogP contribution >= 0.6 is 0 Å². The number of hydrogen-bond donors (Lipinski definition) is 0. The fourth-order valence-electron chi connectivity index (χ4n) is 5.28. The molecule has 26 heavy (non-hydrogen) atoms. The van der Waals surface area contributed by atoms with Gasteiger partial charge < -0.3 is 0 Å². The minimum atomic E-state index is -0.239. The summed E-state index contributed by atoms with van der Waals surface area (Å²) in [6, 6.07) is 15.8. The lowest BCUT2D eigenvalue weighted by molar-refractivity contribution is 0.767. The zero-order valence-corrected chi connectivity index (χ0v) is 15.2. The predicted molar refractivity (Wildman–Crippen MR) is 110 cm³/mol. The largest absolute Gasteiger partial charge is 0.0987 e. The van der Waals surface area contributed by atoms with E-state index in [2.05, 4.69) is 80.8 Å². The maximum Gasteiger partial charge on any atom is 0.0721 e. The molecule has 1 unspecified atom stereocenters. The fourth-order valence-corrected chi connectivity index (χ4v) is 5.28. The second-order valence-corrected chi connectivity index (χ2v) is 7.41. The SMILES string of the molecule is C=CC1=C(C=C)C2(C3=C1CCC=C3)c1ccccc1-c1cc(C)ccc12. The van der Waals surface area contributed by atoms with Crippen molar-refractivity contribution in [3.05, 3.63) is 119 Å². The van der Waals surface area contributed by atoms with E-state index in [0.717, 1.165) is 12.8 Å². The van der Waals surface area contributed by atoms with Crippen LogP contribution in [0.2, 0.25) is 0 Å².